The molecule has 0 amide bonds. The van der Waals surface area contributed by atoms with Crippen molar-refractivity contribution in [2.45, 2.75) is 13.2 Å². The van der Waals surface area contributed by atoms with Crippen LogP contribution >= 0.6 is 0 Å². The predicted octanol–water partition coefficient (Wildman–Crippen LogP) is 3.34. The molecular formula is C20H24O6. The first kappa shape index (κ1) is 19.8. The average Bonchev–Trinajstić information content (AvgIpc) is 2.67. The molecule has 0 saturated heterocycles. The molecule has 0 heterocycles. The molecule has 26 heavy (non-hydrogen) atoms. The van der Waals surface area contributed by atoms with Gasteiger partial charge in [-0.15, -0.1) is 0 Å². The van der Waals surface area contributed by atoms with Crippen molar-refractivity contribution in [1.29, 1.82) is 0 Å². The number of esters is 1. The third-order valence-electron chi connectivity index (χ3n) is 3.59. The lowest BCUT2D eigenvalue weighted by Crippen LogP contribution is -2.14. The summed E-state index contributed by atoms with van der Waals surface area (Å²) in [7, 11) is 1.60. The van der Waals surface area contributed by atoms with E-state index in [2.05, 4.69) is 6.58 Å². The maximum absolute atomic E-state index is 10.9. The molecule has 1 atom stereocenters. The minimum absolute atomic E-state index is 0.192. The van der Waals surface area contributed by atoms with E-state index in [1.54, 1.807) is 7.11 Å². The Morgan fingerprint density at radius 3 is 2.38 bits per heavy atom. The van der Waals surface area contributed by atoms with Crippen LogP contribution in [-0.4, -0.2) is 45.8 Å². The third kappa shape index (κ3) is 5.75. The quantitative estimate of drug-likeness (QED) is 0.265. The molecule has 0 bridgehead atoms. The number of benzene rings is 2. The van der Waals surface area contributed by atoms with E-state index in [4.69, 9.17) is 23.7 Å². The van der Waals surface area contributed by atoms with Crippen molar-refractivity contribution in [3.05, 3.63) is 49.1 Å². The predicted molar refractivity (Wildman–Crippen MR) is 98.5 cm³/mol. The van der Waals surface area contributed by atoms with Crippen LogP contribution in [-0.2, 0) is 19.0 Å². The van der Waals surface area contributed by atoms with Gasteiger partial charge in [0.15, 0.2) is 6.29 Å². The summed E-state index contributed by atoms with van der Waals surface area (Å²) >= 11 is 0. The molecule has 6 heteroatoms. The number of ether oxygens (including phenoxy) is 5. The number of methoxy groups -OCH3 is 1. The second kappa shape index (κ2) is 10.4. The Morgan fingerprint density at radius 1 is 1.04 bits per heavy atom. The summed E-state index contributed by atoms with van der Waals surface area (Å²) in [5.74, 6) is 1.03. The van der Waals surface area contributed by atoms with Crippen LogP contribution in [0.5, 0.6) is 11.5 Å². The summed E-state index contributed by atoms with van der Waals surface area (Å²) in [5.41, 5.74) is 0. The van der Waals surface area contributed by atoms with Crippen LogP contribution in [0.1, 0.15) is 6.92 Å². The molecule has 0 spiro atoms. The van der Waals surface area contributed by atoms with Crippen LogP contribution in [0.15, 0.2) is 49.1 Å². The molecule has 6 nitrogen and oxygen atoms in total. The highest BCUT2D eigenvalue weighted by molar-refractivity contribution is 5.93. The SMILES string of the molecule is C=CC(=O)OCCOCCOc1cccc2c(OC(C)OC)cccc12. The van der Waals surface area contributed by atoms with Crippen molar-refractivity contribution in [1.82, 2.24) is 0 Å². The standard InChI is InChI=1S/C20H24O6/c1-4-20(21)25-14-12-23-11-13-24-18-9-5-8-17-16(18)7-6-10-19(17)26-15(2)22-3/h4-10,15H,1,11-14H2,2-3H3. The summed E-state index contributed by atoms with van der Waals surface area (Å²) in [6.07, 6.45) is 0.781. The molecular weight excluding hydrogens is 336 g/mol. The molecule has 2 rings (SSSR count). The van der Waals surface area contributed by atoms with Crippen molar-refractivity contribution >= 4 is 16.7 Å². The highest BCUT2D eigenvalue weighted by Crippen LogP contribution is 2.32. The Kier molecular flexibility index (Phi) is 7.92. The van der Waals surface area contributed by atoms with Gasteiger partial charge in [-0.05, 0) is 19.1 Å². The van der Waals surface area contributed by atoms with Crippen molar-refractivity contribution < 1.29 is 28.5 Å². The highest BCUT2D eigenvalue weighted by Gasteiger charge is 2.09. The largest absolute Gasteiger partial charge is 0.491 e. The van der Waals surface area contributed by atoms with Crippen molar-refractivity contribution in [2.24, 2.45) is 0 Å². The van der Waals surface area contributed by atoms with Gasteiger partial charge in [0.2, 0.25) is 0 Å². The Balaban J connectivity index is 1.89. The first-order chi connectivity index (χ1) is 12.7. The van der Waals surface area contributed by atoms with Crippen molar-refractivity contribution in [3.8, 4) is 11.5 Å². The van der Waals surface area contributed by atoms with Crippen molar-refractivity contribution in [3.63, 3.8) is 0 Å². The van der Waals surface area contributed by atoms with Gasteiger partial charge in [0.25, 0.3) is 0 Å². The highest BCUT2D eigenvalue weighted by atomic mass is 16.7. The monoisotopic (exact) mass is 360 g/mol. The van der Waals surface area contributed by atoms with Crippen LogP contribution in [0, 0.1) is 0 Å². The molecule has 1 unspecified atom stereocenters. The van der Waals surface area contributed by atoms with E-state index in [-0.39, 0.29) is 12.9 Å². The number of carbonyl (C=O) groups is 1. The topological polar surface area (TPSA) is 63.2 Å². The first-order valence-electron chi connectivity index (χ1n) is 8.36. The van der Waals surface area contributed by atoms with E-state index in [9.17, 15) is 4.79 Å². The molecule has 140 valence electrons. The summed E-state index contributed by atoms with van der Waals surface area (Å²) in [4.78, 5) is 10.9. The fourth-order valence-electron chi connectivity index (χ4n) is 2.28. The summed E-state index contributed by atoms with van der Waals surface area (Å²) in [6, 6.07) is 11.6. The molecule has 0 saturated carbocycles. The lowest BCUT2D eigenvalue weighted by Gasteiger charge is -2.16. The van der Waals surface area contributed by atoms with Gasteiger partial charge in [-0.2, -0.15) is 0 Å². The number of hydrogen-bond acceptors (Lipinski definition) is 6. The van der Waals surface area contributed by atoms with Gasteiger partial charge in [-0.25, -0.2) is 4.79 Å². The van der Waals surface area contributed by atoms with E-state index in [1.807, 2.05) is 43.3 Å². The molecule has 0 radical (unpaired) electrons. The first-order valence-corrected chi connectivity index (χ1v) is 8.36. The minimum atomic E-state index is -0.457. The Hall–Kier alpha value is -2.57. The molecule has 0 fully saturated rings. The second-order valence-corrected chi connectivity index (χ2v) is 5.36. The second-order valence-electron chi connectivity index (χ2n) is 5.36. The minimum Gasteiger partial charge on any atom is -0.491 e. The Bertz CT molecular complexity index is 727. The third-order valence-corrected chi connectivity index (χ3v) is 3.59. The average molecular weight is 360 g/mol. The Labute approximate surface area is 153 Å². The lowest BCUT2D eigenvalue weighted by molar-refractivity contribution is -0.139. The molecule has 0 N–H and O–H groups in total. The molecule has 0 aliphatic carbocycles. The molecule has 2 aromatic rings. The maximum atomic E-state index is 10.9. The lowest BCUT2D eigenvalue weighted by atomic mass is 10.1. The summed E-state index contributed by atoms with van der Waals surface area (Å²) in [6.45, 7) is 6.43. The van der Waals surface area contributed by atoms with Gasteiger partial charge in [0.1, 0.15) is 24.7 Å². The number of hydrogen-bond donors (Lipinski definition) is 0. The van der Waals surface area contributed by atoms with Crippen LogP contribution in [0.2, 0.25) is 0 Å². The van der Waals surface area contributed by atoms with E-state index in [1.165, 1.54) is 0 Å². The smallest absolute Gasteiger partial charge is 0.330 e. The molecule has 0 aliphatic rings. The van der Waals surface area contributed by atoms with Gasteiger partial charge < -0.3 is 23.7 Å². The fourth-order valence-corrected chi connectivity index (χ4v) is 2.28. The number of rotatable bonds is 11. The Morgan fingerprint density at radius 2 is 1.69 bits per heavy atom. The summed E-state index contributed by atoms with van der Waals surface area (Å²) in [5, 5.41) is 1.90. The zero-order valence-corrected chi connectivity index (χ0v) is 15.1. The van der Waals surface area contributed by atoms with Gasteiger partial charge in [-0.3, -0.25) is 0 Å². The van der Waals surface area contributed by atoms with E-state index < -0.39 is 5.97 Å². The van der Waals surface area contributed by atoms with Crippen LogP contribution < -0.4 is 9.47 Å². The number of fused-ring (bicyclic) bond motifs is 1. The van der Waals surface area contributed by atoms with E-state index >= 15 is 0 Å². The van der Waals surface area contributed by atoms with Gasteiger partial charge in [0, 0.05) is 24.0 Å². The van der Waals surface area contributed by atoms with Crippen LogP contribution in [0.3, 0.4) is 0 Å². The van der Waals surface area contributed by atoms with E-state index in [0.29, 0.717) is 19.8 Å². The maximum Gasteiger partial charge on any atom is 0.330 e. The van der Waals surface area contributed by atoms with Crippen LogP contribution in [0.4, 0.5) is 0 Å². The number of carbonyl (C=O) groups excluding carboxylic acids is 1. The zero-order chi connectivity index (χ0) is 18.8. The van der Waals surface area contributed by atoms with Crippen LogP contribution in [0.25, 0.3) is 10.8 Å². The molecule has 0 aromatic heterocycles. The summed E-state index contributed by atoms with van der Waals surface area (Å²) < 4.78 is 27.0. The van der Waals surface area contributed by atoms with Gasteiger partial charge in [0.05, 0.1) is 13.2 Å². The van der Waals surface area contributed by atoms with Gasteiger partial charge >= 0.3 is 5.97 Å². The fraction of sp³-hybridized carbons (Fsp3) is 0.350. The molecule has 2 aromatic carbocycles. The molecule has 0 aliphatic heterocycles. The van der Waals surface area contributed by atoms with Gasteiger partial charge in [-0.1, -0.05) is 30.8 Å². The zero-order valence-electron chi connectivity index (χ0n) is 15.1. The van der Waals surface area contributed by atoms with E-state index in [0.717, 1.165) is 28.3 Å². The van der Waals surface area contributed by atoms with Crippen molar-refractivity contribution in [2.75, 3.05) is 33.5 Å². The normalized spacial score (nSPS) is 11.8.